The van der Waals surface area contributed by atoms with Crippen LogP contribution < -0.4 is 0 Å². The first-order chi connectivity index (χ1) is 8.39. The van der Waals surface area contributed by atoms with Crippen LogP contribution in [0.25, 0.3) is 0 Å². The molecule has 0 rings (SSSR count). The molecule has 0 aliphatic heterocycles. The van der Waals surface area contributed by atoms with Crippen molar-refractivity contribution in [3.63, 3.8) is 0 Å². The summed E-state index contributed by atoms with van der Waals surface area (Å²) < 4.78 is 31.0. The molecule has 1 N–H and O–H groups in total. The highest BCUT2D eigenvalue weighted by atomic mass is 32.3. The first kappa shape index (κ1) is 19.4. The Bertz CT molecular complexity index is 293. The van der Waals surface area contributed by atoms with E-state index in [4.69, 9.17) is 5.11 Å². The van der Waals surface area contributed by atoms with Crippen molar-refractivity contribution in [3.8, 4) is 0 Å². The molecule has 7 heteroatoms. The van der Waals surface area contributed by atoms with Gasteiger partial charge in [-0.25, -0.2) is 13.2 Å². The Kier molecular flexibility index (Phi) is 13.5. The van der Waals surface area contributed by atoms with Crippen molar-refractivity contribution in [1.82, 2.24) is 0 Å². The van der Waals surface area contributed by atoms with E-state index >= 15 is 0 Å². The molecule has 0 atom stereocenters. The summed E-state index contributed by atoms with van der Waals surface area (Å²) in [7, 11) is -3.73. The number of carboxylic acid groups (broad SMARTS) is 1. The van der Waals surface area contributed by atoms with E-state index in [1.54, 1.807) is 0 Å². The molecular weight excluding hydrogens is 260 g/mol. The average Bonchev–Trinajstić information content (AvgIpc) is 2.30. The Hall–Kier alpha value is -0.920. The molecule has 0 spiro atoms. The minimum atomic E-state index is -3.73. The molecule has 0 aromatic rings. The molecule has 0 unspecified atom stereocenters. The fourth-order valence-corrected chi connectivity index (χ4v) is 1.36. The predicted molar refractivity (Wildman–Crippen MR) is 68.5 cm³/mol. The van der Waals surface area contributed by atoms with E-state index in [0.29, 0.717) is 0 Å². The minimum absolute atomic E-state index is 0.213. The van der Waals surface area contributed by atoms with Crippen LogP contribution in [-0.2, 0) is 23.6 Å². The van der Waals surface area contributed by atoms with Crippen molar-refractivity contribution >= 4 is 16.4 Å². The number of carboxylic acids is 1. The lowest BCUT2D eigenvalue weighted by Crippen LogP contribution is -2.11. The van der Waals surface area contributed by atoms with Gasteiger partial charge in [0.05, 0.1) is 13.2 Å². The second kappa shape index (κ2) is 12.5. The molecule has 0 fully saturated rings. The van der Waals surface area contributed by atoms with Gasteiger partial charge in [-0.2, -0.15) is 8.42 Å². The van der Waals surface area contributed by atoms with Gasteiger partial charge in [0, 0.05) is 6.08 Å². The van der Waals surface area contributed by atoms with Crippen LogP contribution in [0.15, 0.2) is 12.7 Å². The molecule has 0 saturated heterocycles. The lowest BCUT2D eigenvalue weighted by Gasteiger charge is -2.04. The van der Waals surface area contributed by atoms with Crippen molar-refractivity contribution in [3.05, 3.63) is 12.7 Å². The zero-order chi connectivity index (χ0) is 14.4. The maximum atomic E-state index is 10.9. The van der Waals surface area contributed by atoms with Crippen molar-refractivity contribution in [2.75, 3.05) is 13.2 Å². The Labute approximate surface area is 109 Å². The summed E-state index contributed by atoms with van der Waals surface area (Å²) in [6.45, 7) is 7.32. The van der Waals surface area contributed by atoms with Crippen LogP contribution >= 0.6 is 0 Å². The van der Waals surface area contributed by atoms with Crippen LogP contribution in [0.1, 0.15) is 39.5 Å². The monoisotopic (exact) mass is 282 g/mol. The summed E-state index contributed by atoms with van der Waals surface area (Å²) in [4.78, 5) is 9.25. The smallest absolute Gasteiger partial charge is 0.399 e. The maximum absolute atomic E-state index is 10.9. The van der Waals surface area contributed by atoms with Crippen molar-refractivity contribution in [2.24, 2.45) is 0 Å². The van der Waals surface area contributed by atoms with Crippen LogP contribution in [0.5, 0.6) is 0 Å². The van der Waals surface area contributed by atoms with E-state index < -0.39 is 16.4 Å². The summed E-state index contributed by atoms with van der Waals surface area (Å²) in [5, 5.41) is 7.60. The van der Waals surface area contributed by atoms with Crippen LogP contribution in [-0.4, -0.2) is 32.7 Å². The van der Waals surface area contributed by atoms with Crippen LogP contribution in [0, 0.1) is 0 Å². The number of carbonyl (C=O) groups is 1. The van der Waals surface area contributed by atoms with Gasteiger partial charge in [0.15, 0.2) is 0 Å². The van der Waals surface area contributed by atoms with Gasteiger partial charge in [0.1, 0.15) is 0 Å². The molecule has 0 radical (unpaired) electrons. The number of rotatable bonds is 9. The minimum Gasteiger partial charge on any atom is -0.478 e. The quantitative estimate of drug-likeness (QED) is 0.514. The highest BCUT2D eigenvalue weighted by Crippen LogP contribution is 2.00. The number of hydrogen-bond donors (Lipinski definition) is 1. The lowest BCUT2D eigenvalue weighted by molar-refractivity contribution is -0.131. The van der Waals surface area contributed by atoms with E-state index in [-0.39, 0.29) is 13.2 Å². The number of unbranched alkanes of at least 4 members (excludes halogenated alkanes) is 2. The summed E-state index contributed by atoms with van der Waals surface area (Å²) in [6, 6.07) is 0. The van der Waals surface area contributed by atoms with Crippen LogP contribution in [0.3, 0.4) is 0 Å². The molecule has 18 heavy (non-hydrogen) atoms. The largest absolute Gasteiger partial charge is 0.478 e. The highest BCUT2D eigenvalue weighted by Gasteiger charge is 2.10. The third-order valence-corrected chi connectivity index (χ3v) is 2.54. The summed E-state index contributed by atoms with van der Waals surface area (Å²) in [6.07, 6.45) is 4.11. The van der Waals surface area contributed by atoms with Crippen molar-refractivity contribution in [2.45, 2.75) is 39.5 Å². The fraction of sp³-hybridized carbons (Fsp3) is 0.727. The summed E-state index contributed by atoms with van der Waals surface area (Å²) in [5.41, 5.74) is 0. The Balaban J connectivity index is 0. The Morgan fingerprint density at radius 1 is 1.17 bits per heavy atom. The van der Waals surface area contributed by atoms with Crippen molar-refractivity contribution in [1.29, 1.82) is 0 Å². The third kappa shape index (κ3) is 17.5. The van der Waals surface area contributed by atoms with Gasteiger partial charge >= 0.3 is 16.4 Å². The molecule has 6 nitrogen and oxygen atoms in total. The first-order valence-corrected chi connectivity index (χ1v) is 7.12. The SMILES string of the molecule is C=CC(=O)O.CCCCOS(=O)(=O)OCCCC. The third-order valence-electron chi connectivity index (χ3n) is 1.63. The molecule has 0 amide bonds. The zero-order valence-corrected chi connectivity index (χ0v) is 11.7. The second-order valence-electron chi connectivity index (χ2n) is 3.30. The average molecular weight is 282 g/mol. The van der Waals surface area contributed by atoms with E-state index in [0.717, 1.165) is 31.8 Å². The molecule has 0 aromatic heterocycles. The predicted octanol–water partition coefficient (Wildman–Crippen LogP) is 2.12. The van der Waals surface area contributed by atoms with E-state index in [9.17, 15) is 13.2 Å². The second-order valence-corrected chi connectivity index (χ2v) is 4.59. The van der Waals surface area contributed by atoms with Gasteiger partial charge in [-0.3, -0.25) is 0 Å². The maximum Gasteiger partial charge on any atom is 0.399 e. The normalized spacial score (nSPS) is 10.3. The molecule has 0 aliphatic rings. The lowest BCUT2D eigenvalue weighted by atomic mass is 10.4. The van der Waals surface area contributed by atoms with E-state index in [1.807, 2.05) is 13.8 Å². The van der Waals surface area contributed by atoms with E-state index in [2.05, 4.69) is 14.9 Å². The highest BCUT2D eigenvalue weighted by molar-refractivity contribution is 7.81. The van der Waals surface area contributed by atoms with Crippen LogP contribution in [0.2, 0.25) is 0 Å². The molecule has 0 aromatic carbocycles. The zero-order valence-electron chi connectivity index (χ0n) is 10.9. The Morgan fingerprint density at radius 3 is 1.72 bits per heavy atom. The molecular formula is C11H22O6S. The Morgan fingerprint density at radius 2 is 1.50 bits per heavy atom. The number of aliphatic carboxylic acids is 1. The van der Waals surface area contributed by atoms with Gasteiger partial charge in [0.25, 0.3) is 0 Å². The molecule has 0 saturated carbocycles. The molecule has 108 valence electrons. The van der Waals surface area contributed by atoms with Crippen molar-refractivity contribution < 1.29 is 26.7 Å². The fourth-order valence-electron chi connectivity index (χ4n) is 0.645. The standard InChI is InChI=1S/C8H18O4S.C3H4O2/c1-3-5-7-11-13(9,10)12-8-6-4-2;1-2-3(4)5/h3-8H2,1-2H3;2H,1H2,(H,4,5). The summed E-state index contributed by atoms with van der Waals surface area (Å²) in [5.74, 6) is -0.981. The van der Waals surface area contributed by atoms with Gasteiger partial charge < -0.3 is 5.11 Å². The van der Waals surface area contributed by atoms with Gasteiger partial charge in [-0.15, -0.1) is 0 Å². The topological polar surface area (TPSA) is 89.9 Å². The van der Waals surface area contributed by atoms with Gasteiger partial charge in [-0.1, -0.05) is 33.3 Å². The number of hydrogen-bond acceptors (Lipinski definition) is 5. The van der Waals surface area contributed by atoms with E-state index in [1.165, 1.54) is 0 Å². The van der Waals surface area contributed by atoms with Gasteiger partial charge in [-0.05, 0) is 12.8 Å². The summed E-state index contributed by atoms with van der Waals surface area (Å²) >= 11 is 0. The van der Waals surface area contributed by atoms with Gasteiger partial charge in [0.2, 0.25) is 0 Å². The van der Waals surface area contributed by atoms with Crippen LogP contribution in [0.4, 0.5) is 0 Å². The molecule has 0 bridgehead atoms. The molecule has 0 heterocycles. The molecule has 0 aliphatic carbocycles. The first-order valence-electron chi connectivity index (χ1n) is 5.78.